The van der Waals surface area contributed by atoms with Crippen LogP contribution in [-0.2, 0) is 17.6 Å². The van der Waals surface area contributed by atoms with Crippen LogP contribution in [0.25, 0.3) is 10.2 Å². The normalized spacial score (nSPS) is 14.6. The predicted molar refractivity (Wildman–Crippen MR) is 91.4 cm³/mol. The van der Waals surface area contributed by atoms with Gasteiger partial charge >= 0.3 is 0 Å². The van der Waals surface area contributed by atoms with E-state index in [0.29, 0.717) is 5.82 Å². The highest BCUT2D eigenvalue weighted by Gasteiger charge is 2.24. The Morgan fingerprint density at radius 1 is 1.22 bits per heavy atom. The van der Waals surface area contributed by atoms with E-state index in [1.54, 1.807) is 17.7 Å². The van der Waals surface area contributed by atoms with E-state index in [0.717, 1.165) is 28.6 Å². The highest BCUT2D eigenvalue weighted by Crippen LogP contribution is 2.39. The molecule has 3 aromatic rings. The maximum Gasteiger partial charge on any atom is 0.244 e. The number of thiophene rings is 1. The van der Waals surface area contributed by atoms with Crippen LogP contribution in [0.2, 0.25) is 0 Å². The fraction of sp³-hybridized carbons (Fsp3) is 0.235. The van der Waals surface area contributed by atoms with Gasteiger partial charge in [0.2, 0.25) is 5.91 Å². The summed E-state index contributed by atoms with van der Waals surface area (Å²) in [5.41, 5.74) is 7.76. The van der Waals surface area contributed by atoms with Gasteiger partial charge in [0.15, 0.2) is 0 Å². The van der Waals surface area contributed by atoms with Gasteiger partial charge < -0.3 is 11.1 Å². The van der Waals surface area contributed by atoms with Gasteiger partial charge in [-0.3, -0.25) is 4.79 Å². The largest absolute Gasteiger partial charge is 0.368 e. The second-order valence-electron chi connectivity index (χ2n) is 5.65. The van der Waals surface area contributed by atoms with Crippen LogP contribution >= 0.6 is 11.3 Å². The van der Waals surface area contributed by atoms with E-state index in [-0.39, 0.29) is 0 Å². The molecule has 1 amide bonds. The molecule has 1 aromatic carbocycles. The zero-order valence-corrected chi connectivity index (χ0v) is 13.3. The van der Waals surface area contributed by atoms with Gasteiger partial charge in [-0.15, -0.1) is 11.3 Å². The molecule has 0 spiro atoms. The number of carbonyl (C=O) groups is 1. The van der Waals surface area contributed by atoms with E-state index in [9.17, 15) is 4.79 Å². The number of hydrogen-bond acceptors (Lipinski definition) is 5. The first-order valence-corrected chi connectivity index (χ1v) is 8.41. The van der Waals surface area contributed by atoms with E-state index < -0.39 is 11.9 Å². The average molecular weight is 324 g/mol. The van der Waals surface area contributed by atoms with Gasteiger partial charge in [0.25, 0.3) is 0 Å². The SMILES string of the molecule is NC(=O)[C@@H](Nc1ncnc2sc3c(c12)CCC3)c1ccccc1. The molecule has 0 saturated heterocycles. The Balaban J connectivity index is 1.78. The number of primary amides is 1. The molecule has 0 fully saturated rings. The molecule has 1 aliphatic carbocycles. The van der Waals surface area contributed by atoms with E-state index in [1.807, 2.05) is 30.3 Å². The highest BCUT2D eigenvalue weighted by atomic mass is 32.1. The number of carbonyl (C=O) groups excluding carboxylic acids is 1. The van der Waals surface area contributed by atoms with E-state index in [2.05, 4.69) is 15.3 Å². The molecular formula is C17H16N4OS. The Labute approximate surface area is 137 Å². The number of nitrogens with zero attached hydrogens (tertiary/aromatic N) is 2. The molecule has 5 nitrogen and oxygen atoms in total. The third-order valence-corrected chi connectivity index (χ3v) is 5.40. The van der Waals surface area contributed by atoms with Crippen molar-refractivity contribution in [3.8, 4) is 0 Å². The van der Waals surface area contributed by atoms with Crippen molar-refractivity contribution in [2.24, 2.45) is 5.73 Å². The molecule has 4 rings (SSSR count). The summed E-state index contributed by atoms with van der Waals surface area (Å²) >= 11 is 1.72. The molecule has 1 aliphatic rings. The summed E-state index contributed by atoms with van der Waals surface area (Å²) in [6, 6.07) is 8.87. The molecule has 2 aromatic heterocycles. The summed E-state index contributed by atoms with van der Waals surface area (Å²) in [4.78, 5) is 23.1. The van der Waals surface area contributed by atoms with Crippen LogP contribution in [0, 0.1) is 0 Å². The maximum absolute atomic E-state index is 11.9. The van der Waals surface area contributed by atoms with E-state index >= 15 is 0 Å². The van der Waals surface area contributed by atoms with Gasteiger partial charge in [-0.25, -0.2) is 9.97 Å². The zero-order chi connectivity index (χ0) is 15.8. The van der Waals surface area contributed by atoms with Gasteiger partial charge in [-0.05, 0) is 30.4 Å². The van der Waals surface area contributed by atoms with Crippen molar-refractivity contribution in [2.45, 2.75) is 25.3 Å². The second-order valence-corrected chi connectivity index (χ2v) is 6.73. The van der Waals surface area contributed by atoms with Crippen LogP contribution < -0.4 is 11.1 Å². The third kappa shape index (κ3) is 2.45. The van der Waals surface area contributed by atoms with Gasteiger partial charge in [-0.1, -0.05) is 30.3 Å². The van der Waals surface area contributed by atoms with Crippen LogP contribution in [0.1, 0.15) is 28.5 Å². The van der Waals surface area contributed by atoms with Crippen LogP contribution in [0.15, 0.2) is 36.7 Å². The fourth-order valence-electron chi connectivity index (χ4n) is 3.14. The molecule has 2 heterocycles. The van der Waals surface area contributed by atoms with Crippen molar-refractivity contribution in [2.75, 3.05) is 5.32 Å². The van der Waals surface area contributed by atoms with Crippen molar-refractivity contribution in [1.82, 2.24) is 9.97 Å². The first-order chi connectivity index (χ1) is 11.2. The monoisotopic (exact) mass is 324 g/mol. The Bertz CT molecular complexity index is 875. The first kappa shape index (κ1) is 14.1. The third-order valence-electron chi connectivity index (χ3n) is 4.20. The number of benzene rings is 1. The van der Waals surface area contributed by atoms with Gasteiger partial charge in [0.1, 0.15) is 23.0 Å². The standard InChI is InChI=1S/C17H16N4OS/c18-15(22)14(10-5-2-1-3-6-10)21-16-13-11-7-4-8-12(11)23-17(13)20-9-19-16/h1-3,5-6,9,14H,4,7-8H2,(H2,18,22)(H,19,20,21)/t14-/m0/s1. The Morgan fingerprint density at radius 2 is 2.04 bits per heavy atom. The smallest absolute Gasteiger partial charge is 0.244 e. The summed E-state index contributed by atoms with van der Waals surface area (Å²) in [6.07, 6.45) is 4.86. The maximum atomic E-state index is 11.9. The molecule has 0 saturated carbocycles. The predicted octanol–water partition coefficient (Wildman–Crippen LogP) is 2.82. The molecule has 3 N–H and O–H groups in total. The van der Waals surface area contributed by atoms with E-state index in [4.69, 9.17) is 5.73 Å². The lowest BCUT2D eigenvalue weighted by atomic mass is 10.1. The number of anilines is 1. The Hall–Kier alpha value is -2.47. The summed E-state index contributed by atoms with van der Waals surface area (Å²) in [6.45, 7) is 0. The first-order valence-electron chi connectivity index (χ1n) is 7.60. The average Bonchev–Trinajstić information content (AvgIpc) is 3.14. The molecule has 6 heteroatoms. The van der Waals surface area contributed by atoms with Gasteiger partial charge in [0, 0.05) is 4.88 Å². The Kier molecular flexibility index (Phi) is 3.46. The minimum Gasteiger partial charge on any atom is -0.368 e. The second kappa shape index (κ2) is 5.62. The van der Waals surface area contributed by atoms with Crippen molar-refractivity contribution >= 4 is 33.3 Å². The molecule has 0 radical (unpaired) electrons. The molecule has 23 heavy (non-hydrogen) atoms. The quantitative estimate of drug-likeness (QED) is 0.773. The van der Waals surface area contributed by atoms with Crippen molar-refractivity contribution in [3.63, 3.8) is 0 Å². The number of rotatable bonds is 4. The Morgan fingerprint density at radius 3 is 2.83 bits per heavy atom. The molecule has 0 bridgehead atoms. The number of nitrogens with two attached hydrogens (primary N) is 1. The molecular weight excluding hydrogens is 308 g/mol. The van der Waals surface area contributed by atoms with Crippen molar-refractivity contribution in [3.05, 3.63) is 52.7 Å². The minimum absolute atomic E-state index is 0.421. The van der Waals surface area contributed by atoms with Gasteiger partial charge in [0.05, 0.1) is 5.39 Å². The van der Waals surface area contributed by atoms with Crippen LogP contribution in [-0.4, -0.2) is 15.9 Å². The number of hydrogen-bond donors (Lipinski definition) is 2. The number of amides is 1. The number of aryl methyl sites for hydroxylation is 2. The zero-order valence-electron chi connectivity index (χ0n) is 12.5. The topological polar surface area (TPSA) is 80.9 Å². The summed E-state index contributed by atoms with van der Waals surface area (Å²) in [7, 11) is 0. The van der Waals surface area contributed by atoms with Crippen LogP contribution in [0.4, 0.5) is 5.82 Å². The minimum atomic E-state index is -0.605. The number of nitrogens with one attached hydrogen (secondary N) is 1. The van der Waals surface area contributed by atoms with Crippen molar-refractivity contribution in [1.29, 1.82) is 0 Å². The lowest BCUT2D eigenvalue weighted by molar-refractivity contribution is -0.118. The van der Waals surface area contributed by atoms with Crippen LogP contribution in [0.5, 0.6) is 0 Å². The number of fused-ring (bicyclic) bond motifs is 3. The van der Waals surface area contributed by atoms with Crippen LogP contribution in [0.3, 0.4) is 0 Å². The summed E-state index contributed by atoms with van der Waals surface area (Å²) in [5.74, 6) is 0.275. The summed E-state index contributed by atoms with van der Waals surface area (Å²) in [5, 5.41) is 4.28. The van der Waals surface area contributed by atoms with Crippen molar-refractivity contribution < 1.29 is 4.79 Å². The molecule has 1 atom stereocenters. The fourth-order valence-corrected chi connectivity index (χ4v) is 4.37. The molecule has 0 aliphatic heterocycles. The lowest BCUT2D eigenvalue weighted by Crippen LogP contribution is -2.28. The number of aromatic nitrogens is 2. The summed E-state index contributed by atoms with van der Waals surface area (Å²) < 4.78 is 0. The highest BCUT2D eigenvalue weighted by molar-refractivity contribution is 7.19. The van der Waals surface area contributed by atoms with Gasteiger partial charge in [-0.2, -0.15) is 0 Å². The lowest BCUT2D eigenvalue weighted by Gasteiger charge is -2.17. The van der Waals surface area contributed by atoms with E-state index in [1.165, 1.54) is 16.9 Å². The molecule has 0 unspecified atom stereocenters. The molecule has 116 valence electrons.